The van der Waals surface area contributed by atoms with Crippen molar-refractivity contribution < 1.29 is 22.6 Å². The summed E-state index contributed by atoms with van der Waals surface area (Å²) >= 11 is 0. The lowest BCUT2D eigenvalue weighted by Crippen LogP contribution is -2.48. The summed E-state index contributed by atoms with van der Waals surface area (Å²) in [6.07, 6.45) is -2.17. The van der Waals surface area contributed by atoms with E-state index in [9.17, 15) is 13.2 Å². The van der Waals surface area contributed by atoms with Gasteiger partial charge in [-0.25, -0.2) is 0 Å². The molecule has 1 spiro atoms. The third-order valence-corrected chi connectivity index (χ3v) is 5.53. The standard InChI is InChI=1S/C21H22F3NO2.ClH/c22-21(23,24)27-18-10-5-4-9-17(18)16-13-20(26-14-16)11-6-12-25-19(20)15-7-2-1-3-8-15;/h1-5,7-10,16,19,25H,6,11-14H2;1H/t16-,19+,20-;/m1./s1. The van der Waals surface area contributed by atoms with E-state index < -0.39 is 12.0 Å². The summed E-state index contributed by atoms with van der Waals surface area (Å²) < 4.78 is 48.9. The molecule has 0 aliphatic carbocycles. The highest BCUT2D eigenvalue weighted by Gasteiger charge is 2.49. The molecule has 2 aliphatic heterocycles. The zero-order valence-corrected chi connectivity index (χ0v) is 16.1. The topological polar surface area (TPSA) is 30.5 Å². The molecule has 2 aromatic carbocycles. The molecule has 2 heterocycles. The highest BCUT2D eigenvalue weighted by molar-refractivity contribution is 5.85. The van der Waals surface area contributed by atoms with Crippen LogP contribution >= 0.6 is 12.4 Å². The largest absolute Gasteiger partial charge is 0.573 e. The maximum Gasteiger partial charge on any atom is 0.573 e. The average molecular weight is 414 g/mol. The molecule has 2 fully saturated rings. The smallest absolute Gasteiger partial charge is 0.405 e. The summed E-state index contributed by atoms with van der Waals surface area (Å²) in [4.78, 5) is 0. The second kappa shape index (κ2) is 8.31. The highest BCUT2D eigenvalue weighted by Crippen LogP contribution is 2.49. The number of hydrogen-bond donors (Lipinski definition) is 1. The Morgan fingerprint density at radius 2 is 1.75 bits per heavy atom. The van der Waals surface area contributed by atoms with Crippen LogP contribution in [-0.4, -0.2) is 25.1 Å². The van der Waals surface area contributed by atoms with Crippen molar-refractivity contribution in [2.24, 2.45) is 0 Å². The zero-order valence-electron chi connectivity index (χ0n) is 15.2. The first-order valence-electron chi connectivity index (χ1n) is 9.24. The van der Waals surface area contributed by atoms with E-state index in [2.05, 4.69) is 22.2 Å². The zero-order chi connectivity index (χ0) is 18.9. The van der Waals surface area contributed by atoms with Crippen LogP contribution in [-0.2, 0) is 4.74 Å². The molecule has 2 saturated heterocycles. The Balaban J connectivity index is 0.00000225. The fourth-order valence-corrected chi connectivity index (χ4v) is 4.44. The third-order valence-electron chi connectivity index (χ3n) is 5.53. The van der Waals surface area contributed by atoms with Crippen LogP contribution in [0.5, 0.6) is 5.75 Å². The number of hydrogen-bond acceptors (Lipinski definition) is 3. The summed E-state index contributed by atoms with van der Waals surface area (Å²) in [6, 6.07) is 16.5. The maximum absolute atomic E-state index is 12.8. The SMILES string of the molecule is Cl.FC(F)(F)Oc1ccccc1[C@H]1CO[C@]2(CCCN[C@H]2c2ccccc2)C1. The average Bonchev–Trinajstić information content (AvgIpc) is 3.06. The van der Waals surface area contributed by atoms with Crippen LogP contribution in [0.15, 0.2) is 54.6 Å². The van der Waals surface area contributed by atoms with Gasteiger partial charge in [-0.05, 0) is 43.0 Å². The summed E-state index contributed by atoms with van der Waals surface area (Å²) in [6.45, 7) is 1.30. The predicted octanol–water partition coefficient (Wildman–Crippen LogP) is 5.37. The number of ether oxygens (including phenoxy) is 2. The molecule has 0 unspecified atom stereocenters. The van der Waals surface area contributed by atoms with Crippen molar-refractivity contribution in [1.82, 2.24) is 5.32 Å². The molecular weight excluding hydrogens is 391 g/mol. The Kier molecular flexibility index (Phi) is 6.22. The first-order chi connectivity index (χ1) is 13.0. The summed E-state index contributed by atoms with van der Waals surface area (Å²) in [5.74, 6) is -0.259. The monoisotopic (exact) mass is 413 g/mol. The van der Waals surface area contributed by atoms with E-state index in [1.165, 1.54) is 6.07 Å². The second-order valence-corrected chi connectivity index (χ2v) is 7.26. The van der Waals surface area contributed by atoms with Crippen LogP contribution in [0.3, 0.4) is 0 Å². The van der Waals surface area contributed by atoms with Gasteiger partial charge < -0.3 is 14.8 Å². The van der Waals surface area contributed by atoms with Gasteiger partial charge in [0, 0.05) is 5.92 Å². The Morgan fingerprint density at radius 1 is 1.04 bits per heavy atom. The molecule has 0 radical (unpaired) electrons. The number of para-hydroxylation sites is 1. The van der Waals surface area contributed by atoms with E-state index in [1.807, 2.05) is 18.2 Å². The van der Waals surface area contributed by atoms with Gasteiger partial charge >= 0.3 is 6.36 Å². The molecule has 4 rings (SSSR count). The van der Waals surface area contributed by atoms with Gasteiger partial charge in [0.05, 0.1) is 18.2 Å². The minimum absolute atomic E-state index is 0. The number of halogens is 4. The first-order valence-corrected chi connectivity index (χ1v) is 9.24. The minimum atomic E-state index is -4.70. The Labute approximate surface area is 168 Å². The molecule has 152 valence electrons. The van der Waals surface area contributed by atoms with E-state index in [0.29, 0.717) is 18.6 Å². The quantitative estimate of drug-likeness (QED) is 0.733. The van der Waals surface area contributed by atoms with Gasteiger partial charge in [0.2, 0.25) is 0 Å². The number of benzene rings is 2. The van der Waals surface area contributed by atoms with Crippen molar-refractivity contribution in [3.8, 4) is 5.75 Å². The molecule has 28 heavy (non-hydrogen) atoms. The van der Waals surface area contributed by atoms with Crippen molar-refractivity contribution in [1.29, 1.82) is 0 Å². The van der Waals surface area contributed by atoms with Crippen molar-refractivity contribution in [3.05, 3.63) is 65.7 Å². The van der Waals surface area contributed by atoms with Gasteiger partial charge in [-0.1, -0.05) is 48.5 Å². The third kappa shape index (κ3) is 4.29. The van der Waals surface area contributed by atoms with Gasteiger partial charge in [-0.15, -0.1) is 25.6 Å². The normalized spacial score (nSPS) is 27.4. The first kappa shape index (κ1) is 21.0. The lowest BCUT2D eigenvalue weighted by Gasteiger charge is -2.41. The van der Waals surface area contributed by atoms with Gasteiger partial charge in [-0.2, -0.15) is 0 Å². The van der Waals surface area contributed by atoms with E-state index >= 15 is 0 Å². The molecule has 0 bridgehead atoms. The van der Waals surface area contributed by atoms with E-state index in [1.54, 1.807) is 18.2 Å². The number of piperidine rings is 1. The van der Waals surface area contributed by atoms with Crippen LogP contribution in [0.1, 0.15) is 42.3 Å². The van der Waals surface area contributed by atoms with Gasteiger partial charge in [0.15, 0.2) is 0 Å². The molecule has 2 aromatic rings. The van der Waals surface area contributed by atoms with Gasteiger partial charge in [0.1, 0.15) is 5.75 Å². The summed E-state index contributed by atoms with van der Waals surface area (Å²) in [5, 5.41) is 3.56. The highest BCUT2D eigenvalue weighted by atomic mass is 35.5. The van der Waals surface area contributed by atoms with Crippen molar-refractivity contribution in [3.63, 3.8) is 0 Å². The lowest BCUT2D eigenvalue weighted by atomic mass is 9.77. The number of alkyl halides is 3. The van der Waals surface area contributed by atoms with Crippen LogP contribution < -0.4 is 10.1 Å². The Morgan fingerprint density at radius 3 is 2.50 bits per heavy atom. The molecule has 0 aromatic heterocycles. The molecule has 7 heteroatoms. The van der Waals surface area contributed by atoms with Crippen molar-refractivity contribution in [2.75, 3.05) is 13.2 Å². The van der Waals surface area contributed by atoms with Gasteiger partial charge in [0.25, 0.3) is 0 Å². The Hall–Kier alpha value is -1.76. The maximum atomic E-state index is 12.8. The van der Waals surface area contributed by atoms with E-state index in [-0.39, 0.29) is 30.1 Å². The molecule has 3 atom stereocenters. The molecule has 3 nitrogen and oxygen atoms in total. The van der Waals surface area contributed by atoms with E-state index in [4.69, 9.17) is 4.74 Å². The summed E-state index contributed by atoms with van der Waals surface area (Å²) in [5.41, 5.74) is 1.30. The summed E-state index contributed by atoms with van der Waals surface area (Å²) in [7, 11) is 0. The fraction of sp³-hybridized carbons (Fsp3) is 0.429. The number of rotatable bonds is 3. The van der Waals surface area contributed by atoms with Crippen LogP contribution in [0.4, 0.5) is 13.2 Å². The molecule has 0 amide bonds. The predicted molar refractivity (Wildman–Crippen MR) is 103 cm³/mol. The van der Waals surface area contributed by atoms with Crippen LogP contribution in [0, 0.1) is 0 Å². The van der Waals surface area contributed by atoms with E-state index in [0.717, 1.165) is 24.9 Å². The molecular formula is C21H23ClF3NO2. The fourth-order valence-electron chi connectivity index (χ4n) is 4.44. The Bertz CT molecular complexity index is 787. The molecule has 0 saturated carbocycles. The second-order valence-electron chi connectivity index (χ2n) is 7.26. The van der Waals surface area contributed by atoms with Crippen molar-refractivity contribution >= 4 is 12.4 Å². The van der Waals surface area contributed by atoms with Crippen molar-refractivity contribution in [2.45, 2.75) is 43.2 Å². The van der Waals surface area contributed by atoms with Gasteiger partial charge in [-0.3, -0.25) is 0 Å². The lowest BCUT2D eigenvalue weighted by molar-refractivity contribution is -0.275. The molecule has 2 aliphatic rings. The molecule has 1 N–H and O–H groups in total. The number of nitrogens with one attached hydrogen (secondary N) is 1. The minimum Gasteiger partial charge on any atom is -0.405 e. The van der Waals surface area contributed by atoms with Crippen LogP contribution in [0.25, 0.3) is 0 Å². The van der Waals surface area contributed by atoms with Crippen LogP contribution in [0.2, 0.25) is 0 Å².